The summed E-state index contributed by atoms with van der Waals surface area (Å²) in [5.41, 5.74) is 2.55. The lowest BCUT2D eigenvalue weighted by Crippen LogP contribution is -2.19. The van der Waals surface area contributed by atoms with Gasteiger partial charge in [0.2, 0.25) is 0 Å². The fourth-order valence-corrected chi connectivity index (χ4v) is 1.66. The van der Waals surface area contributed by atoms with Crippen LogP contribution in [0.3, 0.4) is 0 Å². The van der Waals surface area contributed by atoms with Crippen LogP contribution in [0.4, 0.5) is 0 Å². The van der Waals surface area contributed by atoms with Gasteiger partial charge < -0.3 is 10.1 Å². The smallest absolute Gasteiger partial charge is 0.0551 e. The molecular weight excluding hydrogens is 202 g/mol. The zero-order valence-electron chi connectivity index (χ0n) is 10.6. The molecule has 4 heteroatoms. The summed E-state index contributed by atoms with van der Waals surface area (Å²) in [4.78, 5) is 0. The van der Waals surface area contributed by atoms with Crippen molar-refractivity contribution >= 4 is 0 Å². The van der Waals surface area contributed by atoms with E-state index in [9.17, 15) is 0 Å². The Morgan fingerprint density at radius 3 is 2.94 bits per heavy atom. The maximum Gasteiger partial charge on any atom is 0.0551 e. The number of aromatic nitrogens is 2. The minimum atomic E-state index is 0.807. The Labute approximate surface area is 98.0 Å². The molecule has 0 aromatic carbocycles. The van der Waals surface area contributed by atoms with E-state index in [4.69, 9.17) is 4.74 Å². The van der Waals surface area contributed by atoms with Gasteiger partial charge in [-0.05, 0) is 39.3 Å². The Hall–Kier alpha value is -0.870. The molecule has 0 saturated heterocycles. The molecule has 0 bridgehead atoms. The van der Waals surface area contributed by atoms with Crippen LogP contribution in [-0.2, 0) is 17.8 Å². The van der Waals surface area contributed by atoms with Gasteiger partial charge >= 0.3 is 0 Å². The number of ether oxygens (including phenoxy) is 1. The van der Waals surface area contributed by atoms with Crippen LogP contribution in [0.15, 0.2) is 6.20 Å². The summed E-state index contributed by atoms with van der Waals surface area (Å²) >= 11 is 0. The predicted molar refractivity (Wildman–Crippen MR) is 65.5 cm³/mol. The molecule has 1 aromatic rings. The Morgan fingerprint density at radius 1 is 1.44 bits per heavy atom. The van der Waals surface area contributed by atoms with E-state index in [2.05, 4.69) is 24.3 Å². The number of rotatable bonds is 8. The SMILES string of the molecule is CCOCCCNCc1c(C)cnn1CC. The molecule has 0 aliphatic carbocycles. The van der Waals surface area contributed by atoms with Crippen molar-refractivity contribution in [3.05, 3.63) is 17.5 Å². The van der Waals surface area contributed by atoms with E-state index < -0.39 is 0 Å². The van der Waals surface area contributed by atoms with E-state index in [1.54, 1.807) is 0 Å². The summed E-state index contributed by atoms with van der Waals surface area (Å²) in [6.45, 7) is 10.7. The van der Waals surface area contributed by atoms with E-state index in [1.165, 1.54) is 11.3 Å². The van der Waals surface area contributed by atoms with Crippen molar-refractivity contribution < 1.29 is 4.74 Å². The molecular formula is C12H23N3O. The largest absolute Gasteiger partial charge is 0.382 e. The van der Waals surface area contributed by atoms with Gasteiger partial charge in [0.15, 0.2) is 0 Å². The molecule has 0 unspecified atom stereocenters. The third-order valence-corrected chi connectivity index (χ3v) is 2.60. The Bertz CT molecular complexity index is 296. The van der Waals surface area contributed by atoms with Crippen LogP contribution in [0.25, 0.3) is 0 Å². The highest BCUT2D eigenvalue weighted by molar-refractivity contribution is 5.15. The van der Waals surface area contributed by atoms with Crippen LogP contribution >= 0.6 is 0 Å². The molecule has 0 amide bonds. The Morgan fingerprint density at radius 2 is 2.25 bits per heavy atom. The van der Waals surface area contributed by atoms with Gasteiger partial charge in [-0.2, -0.15) is 5.10 Å². The maximum absolute atomic E-state index is 5.28. The molecule has 92 valence electrons. The summed E-state index contributed by atoms with van der Waals surface area (Å²) in [5, 5.41) is 7.74. The average molecular weight is 225 g/mol. The quantitative estimate of drug-likeness (QED) is 0.685. The molecule has 0 saturated carbocycles. The van der Waals surface area contributed by atoms with Crippen molar-refractivity contribution in [3.63, 3.8) is 0 Å². The number of nitrogens with one attached hydrogen (secondary N) is 1. The molecule has 0 aliphatic rings. The highest BCUT2D eigenvalue weighted by atomic mass is 16.5. The zero-order chi connectivity index (χ0) is 11.8. The predicted octanol–water partition coefficient (Wildman–Crippen LogP) is 1.73. The molecule has 1 aromatic heterocycles. The molecule has 1 heterocycles. The Balaban J connectivity index is 2.23. The van der Waals surface area contributed by atoms with Crippen molar-refractivity contribution in [2.24, 2.45) is 0 Å². The van der Waals surface area contributed by atoms with Crippen LogP contribution in [0.5, 0.6) is 0 Å². The van der Waals surface area contributed by atoms with E-state index in [0.717, 1.165) is 39.3 Å². The molecule has 0 fully saturated rings. The number of aryl methyl sites for hydroxylation is 2. The lowest BCUT2D eigenvalue weighted by molar-refractivity contribution is 0.144. The number of hydrogen-bond acceptors (Lipinski definition) is 3. The lowest BCUT2D eigenvalue weighted by Gasteiger charge is -2.08. The van der Waals surface area contributed by atoms with Gasteiger partial charge in [0.05, 0.1) is 11.9 Å². The number of hydrogen-bond donors (Lipinski definition) is 1. The molecule has 0 aliphatic heterocycles. The van der Waals surface area contributed by atoms with Gasteiger partial charge in [0.1, 0.15) is 0 Å². The van der Waals surface area contributed by atoms with Gasteiger partial charge in [0, 0.05) is 26.3 Å². The number of nitrogens with zero attached hydrogens (tertiary/aromatic N) is 2. The van der Waals surface area contributed by atoms with Gasteiger partial charge in [-0.25, -0.2) is 0 Å². The Kier molecular flexibility index (Phi) is 6.11. The van der Waals surface area contributed by atoms with E-state index in [-0.39, 0.29) is 0 Å². The zero-order valence-corrected chi connectivity index (χ0v) is 10.6. The van der Waals surface area contributed by atoms with Crippen LogP contribution < -0.4 is 5.32 Å². The second-order valence-corrected chi connectivity index (χ2v) is 3.82. The molecule has 0 radical (unpaired) electrons. The highest BCUT2D eigenvalue weighted by Crippen LogP contribution is 2.06. The highest BCUT2D eigenvalue weighted by Gasteiger charge is 2.04. The first-order valence-corrected chi connectivity index (χ1v) is 6.09. The first-order chi connectivity index (χ1) is 7.79. The van der Waals surface area contributed by atoms with E-state index in [0.29, 0.717) is 0 Å². The first-order valence-electron chi connectivity index (χ1n) is 6.09. The van der Waals surface area contributed by atoms with E-state index >= 15 is 0 Å². The average Bonchev–Trinajstić information content (AvgIpc) is 2.65. The topological polar surface area (TPSA) is 39.1 Å². The van der Waals surface area contributed by atoms with Crippen LogP contribution in [-0.4, -0.2) is 29.5 Å². The molecule has 1 N–H and O–H groups in total. The van der Waals surface area contributed by atoms with Crippen molar-refractivity contribution in [3.8, 4) is 0 Å². The van der Waals surface area contributed by atoms with Gasteiger partial charge in [-0.1, -0.05) is 0 Å². The molecule has 0 spiro atoms. The third kappa shape index (κ3) is 3.94. The van der Waals surface area contributed by atoms with Crippen molar-refractivity contribution in [1.82, 2.24) is 15.1 Å². The molecule has 1 rings (SSSR count). The van der Waals surface area contributed by atoms with Crippen LogP contribution in [0.2, 0.25) is 0 Å². The summed E-state index contributed by atoms with van der Waals surface area (Å²) in [6, 6.07) is 0. The maximum atomic E-state index is 5.28. The monoisotopic (exact) mass is 225 g/mol. The standard InChI is InChI=1S/C12H23N3O/c1-4-15-12(11(3)9-14-15)10-13-7-6-8-16-5-2/h9,13H,4-8,10H2,1-3H3. The summed E-state index contributed by atoms with van der Waals surface area (Å²) < 4.78 is 7.33. The fraction of sp³-hybridized carbons (Fsp3) is 0.750. The summed E-state index contributed by atoms with van der Waals surface area (Å²) in [7, 11) is 0. The minimum Gasteiger partial charge on any atom is -0.382 e. The van der Waals surface area contributed by atoms with Gasteiger partial charge in [-0.3, -0.25) is 4.68 Å². The van der Waals surface area contributed by atoms with Crippen molar-refractivity contribution in [2.75, 3.05) is 19.8 Å². The molecule has 0 atom stereocenters. The summed E-state index contributed by atoms with van der Waals surface area (Å²) in [6.07, 6.45) is 2.99. The normalized spacial score (nSPS) is 10.9. The lowest BCUT2D eigenvalue weighted by atomic mass is 10.2. The van der Waals surface area contributed by atoms with Gasteiger partial charge in [0.25, 0.3) is 0 Å². The second kappa shape index (κ2) is 7.41. The molecule has 16 heavy (non-hydrogen) atoms. The van der Waals surface area contributed by atoms with Crippen molar-refractivity contribution in [2.45, 2.75) is 40.3 Å². The van der Waals surface area contributed by atoms with Crippen molar-refractivity contribution in [1.29, 1.82) is 0 Å². The first kappa shape index (κ1) is 13.2. The van der Waals surface area contributed by atoms with Crippen LogP contribution in [0, 0.1) is 6.92 Å². The molecule has 4 nitrogen and oxygen atoms in total. The minimum absolute atomic E-state index is 0.807. The second-order valence-electron chi connectivity index (χ2n) is 3.82. The fourth-order valence-electron chi connectivity index (χ4n) is 1.66. The van der Waals surface area contributed by atoms with E-state index in [1.807, 2.05) is 17.8 Å². The third-order valence-electron chi connectivity index (χ3n) is 2.60. The van der Waals surface area contributed by atoms with Crippen LogP contribution in [0.1, 0.15) is 31.5 Å². The van der Waals surface area contributed by atoms with Gasteiger partial charge in [-0.15, -0.1) is 0 Å². The summed E-state index contributed by atoms with van der Waals surface area (Å²) in [5.74, 6) is 0.